The number of amides is 1. The van der Waals surface area contributed by atoms with E-state index in [1.165, 1.54) is 17.5 Å². The van der Waals surface area contributed by atoms with Crippen LogP contribution in [0.2, 0.25) is 0 Å². The van der Waals surface area contributed by atoms with Crippen molar-refractivity contribution in [1.29, 1.82) is 0 Å². The topological polar surface area (TPSA) is 87.7 Å². The van der Waals surface area contributed by atoms with Crippen LogP contribution < -0.4 is 5.32 Å². The van der Waals surface area contributed by atoms with Gasteiger partial charge in [0.1, 0.15) is 10.7 Å². The lowest BCUT2D eigenvalue weighted by Crippen LogP contribution is -2.27. The van der Waals surface area contributed by atoms with Crippen molar-refractivity contribution >= 4 is 28.8 Å². The Hall–Kier alpha value is -3.58. The number of benzene rings is 1. The molecule has 0 radical (unpaired) electrons. The van der Waals surface area contributed by atoms with Gasteiger partial charge in [-0.1, -0.05) is 44.2 Å². The third-order valence-electron chi connectivity index (χ3n) is 5.92. The molecule has 5 rings (SSSR count). The number of Topliss-reactive ketones (excluding diaryl/α,β-unsaturated/α-hetero) is 1. The first kappa shape index (κ1) is 21.3. The monoisotopic (exact) mass is 456 g/mol. The number of hydrogen-bond donors (Lipinski definition) is 2. The number of thiazole rings is 1. The van der Waals surface area contributed by atoms with Gasteiger partial charge in [0.15, 0.2) is 5.78 Å². The molecule has 0 fully saturated rings. The minimum Gasteiger partial charge on any atom is -0.358 e. The first-order chi connectivity index (χ1) is 15.9. The molecule has 166 valence electrons. The number of H-pyrrole nitrogens is 1. The largest absolute Gasteiger partial charge is 0.358 e. The van der Waals surface area contributed by atoms with Crippen molar-refractivity contribution in [3.05, 3.63) is 87.6 Å². The Labute approximate surface area is 196 Å². The van der Waals surface area contributed by atoms with Crippen molar-refractivity contribution in [2.45, 2.75) is 33.1 Å². The number of nitrogens with one attached hydrogen (secondary N) is 2. The third-order valence-corrected chi connectivity index (χ3v) is 6.70. The van der Waals surface area contributed by atoms with Gasteiger partial charge in [0.25, 0.3) is 5.91 Å². The zero-order chi connectivity index (χ0) is 23.0. The predicted octanol–water partition coefficient (Wildman–Crippen LogP) is 5.53. The molecular formula is C26H24N4O2S. The molecule has 1 amide bonds. The maximum atomic E-state index is 13.2. The maximum absolute atomic E-state index is 13.2. The van der Waals surface area contributed by atoms with E-state index < -0.39 is 0 Å². The van der Waals surface area contributed by atoms with Gasteiger partial charge in [-0.05, 0) is 35.1 Å². The molecule has 0 saturated carbocycles. The molecule has 3 heterocycles. The molecule has 0 aliphatic heterocycles. The molecule has 2 N–H and O–H groups in total. The maximum Gasteiger partial charge on any atom is 0.268 e. The van der Waals surface area contributed by atoms with E-state index in [1.807, 2.05) is 30.3 Å². The van der Waals surface area contributed by atoms with Crippen molar-refractivity contribution in [2.75, 3.05) is 5.32 Å². The van der Waals surface area contributed by atoms with Gasteiger partial charge in [0.05, 0.1) is 17.4 Å². The van der Waals surface area contributed by atoms with Crippen LogP contribution in [0.3, 0.4) is 0 Å². The average molecular weight is 457 g/mol. The summed E-state index contributed by atoms with van der Waals surface area (Å²) in [6, 6.07) is 13.9. The number of anilines is 1. The van der Waals surface area contributed by atoms with Crippen LogP contribution in [0, 0.1) is 5.41 Å². The van der Waals surface area contributed by atoms with Crippen molar-refractivity contribution in [3.63, 3.8) is 0 Å². The molecule has 4 aromatic rings. The number of fused-ring (bicyclic) bond motifs is 1. The highest BCUT2D eigenvalue weighted by atomic mass is 32.1. The van der Waals surface area contributed by atoms with Crippen LogP contribution in [-0.2, 0) is 12.8 Å². The third kappa shape index (κ3) is 4.36. The van der Waals surface area contributed by atoms with Crippen LogP contribution in [0.5, 0.6) is 0 Å². The summed E-state index contributed by atoms with van der Waals surface area (Å²) in [6.07, 6.45) is 5.21. The van der Waals surface area contributed by atoms with Crippen LogP contribution in [0.1, 0.15) is 57.1 Å². The van der Waals surface area contributed by atoms with Crippen molar-refractivity contribution < 1.29 is 9.59 Å². The summed E-state index contributed by atoms with van der Waals surface area (Å²) < 4.78 is 0. The van der Waals surface area contributed by atoms with Crippen LogP contribution in [0.15, 0.2) is 60.4 Å². The number of pyridine rings is 1. The summed E-state index contributed by atoms with van der Waals surface area (Å²) in [7, 11) is 0. The SMILES string of the molecule is CC1(C)CC(=O)c2c([nH]c(-c3ccnc(NC(=O)c4cncs4)c3)c2Cc2ccccc2)C1. The van der Waals surface area contributed by atoms with Crippen LogP contribution >= 0.6 is 11.3 Å². The summed E-state index contributed by atoms with van der Waals surface area (Å²) in [5.74, 6) is 0.396. The molecule has 6 nitrogen and oxygen atoms in total. The zero-order valence-electron chi connectivity index (χ0n) is 18.5. The molecule has 7 heteroatoms. The Morgan fingerprint density at radius 1 is 1.18 bits per heavy atom. The number of ketones is 1. The predicted molar refractivity (Wildman–Crippen MR) is 130 cm³/mol. The number of carbonyl (C=O) groups excluding carboxylic acids is 2. The van der Waals surface area contributed by atoms with Gasteiger partial charge >= 0.3 is 0 Å². The molecule has 1 aliphatic rings. The summed E-state index contributed by atoms with van der Waals surface area (Å²) in [5.41, 5.74) is 7.29. The van der Waals surface area contributed by atoms with Crippen molar-refractivity contribution in [2.24, 2.45) is 5.41 Å². The second-order valence-electron chi connectivity index (χ2n) is 9.18. The van der Waals surface area contributed by atoms with Crippen LogP contribution in [0.25, 0.3) is 11.3 Å². The Balaban J connectivity index is 1.56. The first-order valence-electron chi connectivity index (χ1n) is 10.9. The first-order valence-corrected chi connectivity index (χ1v) is 11.7. The number of carbonyl (C=O) groups is 2. The highest BCUT2D eigenvalue weighted by Crippen LogP contribution is 2.40. The summed E-state index contributed by atoms with van der Waals surface area (Å²) >= 11 is 1.28. The van der Waals surface area contributed by atoms with Crippen molar-refractivity contribution in [3.8, 4) is 11.3 Å². The standard InChI is InChI=1S/C26H24N4O2S/c1-26(2)12-19-23(20(31)13-26)18(10-16-6-4-3-5-7-16)24(29-19)17-8-9-28-22(11-17)30-25(32)21-14-27-15-33-21/h3-9,11,14-15,29H,10,12-13H2,1-2H3,(H,28,30,32). The molecular weight excluding hydrogens is 432 g/mol. The van der Waals surface area contributed by atoms with E-state index >= 15 is 0 Å². The molecule has 0 unspecified atom stereocenters. The fraction of sp³-hybridized carbons (Fsp3) is 0.231. The number of aromatic amines is 1. The van der Waals surface area contributed by atoms with Gasteiger partial charge in [-0.25, -0.2) is 4.98 Å². The highest BCUT2D eigenvalue weighted by Gasteiger charge is 2.35. The lowest BCUT2D eigenvalue weighted by molar-refractivity contribution is 0.0910. The quantitative estimate of drug-likeness (QED) is 0.413. The number of aromatic nitrogens is 3. The molecule has 33 heavy (non-hydrogen) atoms. The fourth-order valence-electron chi connectivity index (χ4n) is 4.51. The van der Waals surface area contributed by atoms with Crippen LogP contribution in [-0.4, -0.2) is 26.6 Å². The molecule has 1 aliphatic carbocycles. The van der Waals surface area contributed by atoms with E-state index in [4.69, 9.17) is 0 Å². The minimum absolute atomic E-state index is 0.0810. The number of nitrogens with zero attached hydrogens (tertiary/aromatic N) is 2. The normalized spacial score (nSPS) is 14.7. The molecule has 0 spiro atoms. The Morgan fingerprint density at radius 3 is 2.76 bits per heavy atom. The lowest BCUT2D eigenvalue weighted by atomic mass is 9.75. The molecule has 1 aromatic carbocycles. The van der Waals surface area contributed by atoms with Gasteiger partial charge in [0, 0.05) is 35.9 Å². The smallest absolute Gasteiger partial charge is 0.268 e. The summed E-state index contributed by atoms with van der Waals surface area (Å²) in [4.78, 5) is 38.0. The average Bonchev–Trinajstić information content (AvgIpc) is 3.43. The lowest BCUT2D eigenvalue weighted by Gasteiger charge is -2.28. The summed E-state index contributed by atoms with van der Waals surface area (Å²) in [5, 5.41) is 2.85. The van der Waals surface area contributed by atoms with Gasteiger partial charge in [-0.15, -0.1) is 11.3 Å². The van der Waals surface area contributed by atoms with Gasteiger partial charge < -0.3 is 10.3 Å². The molecule has 3 aromatic heterocycles. The van der Waals surface area contributed by atoms with Gasteiger partial charge in [-0.2, -0.15) is 0 Å². The Morgan fingerprint density at radius 2 is 2.00 bits per heavy atom. The van der Waals surface area contributed by atoms with E-state index in [0.29, 0.717) is 23.5 Å². The van der Waals surface area contributed by atoms with Gasteiger partial charge in [0.2, 0.25) is 0 Å². The number of rotatable bonds is 5. The van der Waals surface area contributed by atoms with E-state index in [0.717, 1.165) is 40.1 Å². The van der Waals surface area contributed by atoms with E-state index in [-0.39, 0.29) is 17.1 Å². The fourth-order valence-corrected chi connectivity index (χ4v) is 5.03. The minimum atomic E-state index is -0.241. The second kappa shape index (κ2) is 8.41. The van der Waals surface area contributed by atoms with Crippen LogP contribution in [0.4, 0.5) is 5.82 Å². The van der Waals surface area contributed by atoms with Gasteiger partial charge in [-0.3, -0.25) is 14.6 Å². The molecule has 0 saturated heterocycles. The zero-order valence-corrected chi connectivity index (χ0v) is 19.3. The molecule has 0 bridgehead atoms. The Kier molecular flexibility index (Phi) is 5.42. The summed E-state index contributed by atoms with van der Waals surface area (Å²) in [6.45, 7) is 4.26. The number of hydrogen-bond acceptors (Lipinski definition) is 5. The molecule has 0 atom stereocenters. The van der Waals surface area contributed by atoms with E-state index in [2.05, 4.69) is 46.2 Å². The highest BCUT2D eigenvalue weighted by molar-refractivity contribution is 7.11. The van der Waals surface area contributed by atoms with E-state index in [9.17, 15) is 9.59 Å². The van der Waals surface area contributed by atoms with Crippen molar-refractivity contribution in [1.82, 2.24) is 15.0 Å². The second-order valence-corrected chi connectivity index (χ2v) is 10.1. The Bertz CT molecular complexity index is 1320. The van der Waals surface area contributed by atoms with E-state index in [1.54, 1.807) is 11.7 Å².